The Morgan fingerprint density at radius 1 is 1.07 bits per heavy atom. The molecule has 0 radical (unpaired) electrons. The lowest BCUT2D eigenvalue weighted by atomic mass is 10.00. The van der Waals surface area contributed by atoms with Crippen LogP contribution in [-0.2, 0) is 21.4 Å². The number of aromatic nitrogens is 1. The Morgan fingerprint density at radius 2 is 1.76 bits per heavy atom. The molecule has 0 bridgehead atoms. The first kappa shape index (κ1) is 20.8. The van der Waals surface area contributed by atoms with Gasteiger partial charge in [-0.2, -0.15) is 0 Å². The zero-order valence-electron chi connectivity index (χ0n) is 16.5. The van der Waals surface area contributed by atoms with Crippen LogP contribution in [0.2, 0.25) is 0 Å². The summed E-state index contributed by atoms with van der Waals surface area (Å²) in [6, 6.07) is 15.9. The summed E-state index contributed by atoms with van der Waals surface area (Å²) in [6.45, 7) is 1.60. The maximum atomic E-state index is 12.5. The molecule has 1 atom stereocenters. The second-order valence-electron chi connectivity index (χ2n) is 6.98. The van der Waals surface area contributed by atoms with Gasteiger partial charge in [-0.15, -0.1) is 0 Å². The van der Waals surface area contributed by atoms with Crippen molar-refractivity contribution in [3.8, 4) is 0 Å². The van der Waals surface area contributed by atoms with E-state index in [4.69, 9.17) is 0 Å². The number of amides is 1. The molecule has 1 unspecified atom stereocenters. The molecular formula is C21H23N3O4S. The number of pyridine rings is 1. The van der Waals surface area contributed by atoms with Crippen LogP contribution in [0.4, 0.5) is 0 Å². The molecule has 8 heteroatoms. The third-order valence-electron chi connectivity index (χ3n) is 4.72. The molecule has 0 saturated carbocycles. The third-order valence-corrected chi connectivity index (χ3v) is 6.51. The lowest BCUT2D eigenvalue weighted by molar-refractivity contribution is -0.122. The highest BCUT2D eigenvalue weighted by molar-refractivity contribution is 7.89. The van der Waals surface area contributed by atoms with Gasteiger partial charge in [-0.25, -0.2) is 12.7 Å². The fourth-order valence-corrected chi connectivity index (χ4v) is 4.07. The molecule has 3 aromatic rings. The number of rotatable bonds is 6. The number of benzene rings is 2. The SMILES string of the molecule is CC(NC(=O)Cn1cc(S(=O)(=O)N(C)C)ccc1=O)c1cccc2ccccc12. The zero-order valence-corrected chi connectivity index (χ0v) is 17.3. The minimum atomic E-state index is -3.70. The fourth-order valence-electron chi connectivity index (χ4n) is 3.14. The summed E-state index contributed by atoms with van der Waals surface area (Å²) in [5, 5.41) is 5.00. The van der Waals surface area contributed by atoms with Gasteiger partial charge in [-0.05, 0) is 29.3 Å². The Bertz CT molecular complexity index is 1210. The summed E-state index contributed by atoms with van der Waals surface area (Å²) in [5.41, 5.74) is 0.517. The summed E-state index contributed by atoms with van der Waals surface area (Å²) >= 11 is 0. The second kappa shape index (κ2) is 8.18. The lowest BCUT2D eigenvalue weighted by Gasteiger charge is -2.17. The van der Waals surface area contributed by atoms with E-state index in [0.29, 0.717) is 0 Å². The van der Waals surface area contributed by atoms with Gasteiger partial charge in [0, 0.05) is 26.4 Å². The average Bonchev–Trinajstić information content (AvgIpc) is 2.68. The first-order valence-corrected chi connectivity index (χ1v) is 10.5. The third kappa shape index (κ3) is 4.38. The molecule has 29 heavy (non-hydrogen) atoms. The molecule has 3 rings (SSSR count). The van der Waals surface area contributed by atoms with E-state index in [1.54, 1.807) is 0 Å². The van der Waals surface area contributed by atoms with E-state index in [9.17, 15) is 18.0 Å². The molecule has 1 amide bonds. The van der Waals surface area contributed by atoms with E-state index in [-0.39, 0.29) is 23.4 Å². The molecule has 1 aromatic heterocycles. The summed E-state index contributed by atoms with van der Waals surface area (Å²) in [5.74, 6) is -0.382. The Labute approximate surface area is 169 Å². The Kier molecular flexibility index (Phi) is 5.86. The van der Waals surface area contributed by atoms with Gasteiger partial charge in [-0.3, -0.25) is 9.59 Å². The number of carbonyl (C=O) groups excluding carboxylic acids is 1. The molecule has 0 aliphatic rings. The molecule has 152 valence electrons. The number of fused-ring (bicyclic) bond motifs is 1. The highest BCUT2D eigenvalue weighted by atomic mass is 32.2. The molecule has 0 aliphatic heterocycles. The minimum Gasteiger partial charge on any atom is -0.348 e. The largest absolute Gasteiger partial charge is 0.348 e. The Hall–Kier alpha value is -2.97. The van der Waals surface area contributed by atoms with Crippen LogP contribution >= 0.6 is 0 Å². The second-order valence-corrected chi connectivity index (χ2v) is 9.13. The lowest BCUT2D eigenvalue weighted by Crippen LogP contribution is -2.34. The summed E-state index contributed by atoms with van der Waals surface area (Å²) < 4.78 is 26.7. The maximum absolute atomic E-state index is 12.5. The maximum Gasteiger partial charge on any atom is 0.251 e. The molecule has 0 spiro atoms. The van der Waals surface area contributed by atoms with Crippen molar-refractivity contribution in [2.45, 2.75) is 24.4 Å². The van der Waals surface area contributed by atoms with E-state index in [1.165, 1.54) is 26.4 Å². The van der Waals surface area contributed by atoms with Crippen molar-refractivity contribution in [1.82, 2.24) is 14.2 Å². The van der Waals surface area contributed by atoms with Gasteiger partial charge in [0.2, 0.25) is 15.9 Å². The van der Waals surface area contributed by atoms with Crippen molar-refractivity contribution in [2.24, 2.45) is 0 Å². The Morgan fingerprint density at radius 3 is 2.48 bits per heavy atom. The average molecular weight is 413 g/mol. The van der Waals surface area contributed by atoms with Gasteiger partial charge < -0.3 is 9.88 Å². The van der Waals surface area contributed by atoms with E-state index in [2.05, 4.69) is 5.32 Å². The normalized spacial score (nSPS) is 12.8. The van der Waals surface area contributed by atoms with Crippen molar-refractivity contribution in [3.63, 3.8) is 0 Å². The van der Waals surface area contributed by atoms with E-state index in [1.807, 2.05) is 49.4 Å². The van der Waals surface area contributed by atoms with Crippen molar-refractivity contribution in [1.29, 1.82) is 0 Å². The number of carbonyl (C=O) groups is 1. The first-order chi connectivity index (χ1) is 13.7. The molecule has 0 aliphatic carbocycles. The van der Waals surface area contributed by atoms with Gasteiger partial charge in [0.05, 0.1) is 10.9 Å². The minimum absolute atomic E-state index is 0.0444. The van der Waals surface area contributed by atoms with Crippen LogP contribution in [0.3, 0.4) is 0 Å². The molecule has 2 aromatic carbocycles. The monoisotopic (exact) mass is 413 g/mol. The summed E-state index contributed by atoms with van der Waals surface area (Å²) in [4.78, 5) is 24.6. The first-order valence-electron chi connectivity index (χ1n) is 9.10. The molecule has 1 N–H and O–H groups in total. The van der Waals surface area contributed by atoms with Crippen molar-refractivity contribution >= 4 is 26.7 Å². The summed E-state index contributed by atoms with van der Waals surface area (Å²) in [7, 11) is -0.888. The van der Waals surface area contributed by atoms with E-state index in [0.717, 1.165) is 31.3 Å². The fraction of sp³-hybridized carbons (Fsp3) is 0.238. The molecule has 1 heterocycles. The highest BCUT2D eigenvalue weighted by Gasteiger charge is 2.19. The quantitative estimate of drug-likeness (QED) is 0.671. The Balaban J connectivity index is 1.81. The molecule has 0 saturated heterocycles. The van der Waals surface area contributed by atoms with Crippen LogP contribution in [0.1, 0.15) is 18.5 Å². The zero-order chi connectivity index (χ0) is 21.2. The number of nitrogens with zero attached hydrogens (tertiary/aromatic N) is 2. The van der Waals surface area contributed by atoms with Gasteiger partial charge in [-0.1, -0.05) is 42.5 Å². The van der Waals surface area contributed by atoms with Crippen LogP contribution in [0.15, 0.2) is 70.5 Å². The van der Waals surface area contributed by atoms with Gasteiger partial charge in [0.1, 0.15) is 6.54 Å². The number of nitrogens with one attached hydrogen (secondary N) is 1. The summed E-state index contributed by atoms with van der Waals surface area (Å²) in [6.07, 6.45) is 1.19. The van der Waals surface area contributed by atoms with Crippen LogP contribution in [0, 0.1) is 0 Å². The number of hydrogen-bond donors (Lipinski definition) is 1. The van der Waals surface area contributed by atoms with Crippen molar-refractivity contribution in [3.05, 3.63) is 76.7 Å². The predicted octanol–water partition coefficient (Wildman–Crippen LogP) is 2.13. The van der Waals surface area contributed by atoms with E-state index < -0.39 is 15.6 Å². The number of hydrogen-bond acceptors (Lipinski definition) is 4. The predicted molar refractivity (Wildman–Crippen MR) is 112 cm³/mol. The molecular weight excluding hydrogens is 390 g/mol. The van der Waals surface area contributed by atoms with Gasteiger partial charge in [0.25, 0.3) is 5.56 Å². The topological polar surface area (TPSA) is 88.5 Å². The highest BCUT2D eigenvalue weighted by Crippen LogP contribution is 2.24. The standard InChI is InChI=1S/C21H23N3O4S/c1-15(18-10-6-8-16-7-4-5-9-19(16)18)22-20(25)14-24-13-17(11-12-21(24)26)29(27,28)23(2)3/h4-13,15H,14H2,1-3H3,(H,22,25). The van der Waals surface area contributed by atoms with Crippen LogP contribution in [0.25, 0.3) is 10.8 Å². The van der Waals surface area contributed by atoms with Crippen LogP contribution in [0.5, 0.6) is 0 Å². The van der Waals surface area contributed by atoms with Gasteiger partial charge >= 0.3 is 0 Å². The van der Waals surface area contributed by atoms with E-state index >= 15 is 0 Å². The molecule has 7 nitrogen and oxygen atoms in total. The van der Waals surface area contributed by atoms with Crippen LogP contribution < -0.4 is 10.9 Å². The smallest absolute Gasteiger partial charge is 0.251 e. The van der Waals surface area contributed by atoms with Crippen molar-refractivity contribution in [2.75, 3.05) is 14.1 Å². The van der Waals surface area contributed by atoms with Crippen molar-refractivity contribution < 1.29 is 13.2 Å². The van der Waals surface area contributed by atoms with Gasteiger partial charge in [0.15, 0.2) is 0 Å². The number of sulfonamides is 1. The van der Waals surface area contributed by atoms with Crippen LogP contribution in [-0.4, -0.2) is 37.3 Å². The molecule has 0 fully saturated rings.